The van der Waals surface area contributed by atoms with Gasteiger partial charge in [0, 0.05) is 5.56 Å². The Hall–Kier alpha value is -3.79. The molecule has 0 atom stereocenters. The molecule has 0 saturated carbocycles. The summed E-state index contributed by atoms with van der Waals surface area (Å²) in [6, 6.07) is 12.6. The van der Waals surface area contributed by atoms with E-state index in [2.05, 4.69) is 21.0 Å². The number of hydrogen-bond donors (Lipinski definition) is 0. The standard InChI is InChI=1S/C18H9FN4O2/c19-13-2-4-14(5-3-13)24-16-6-1-11(7-12(16)8-20)17-23-15-9-21-10-22-18(15)25-17/h1-7,9-10H. The molecule has 4 aromatic rings. The van der Waals surface area contributed by atoms with Crippen LogP contribution in [0.1, 0.15) is 5.56 Å². The Kier molecular flexibility index (Phi) is 3.56. The van der Waals surface area contributed by atoms with Crippen LogP contribution in [0.3, 0.4) is 0 Å². The van der Waals surface area contributed by atoms with Gasteiger partial charge >= 0.3 is 0 Å². The molecule has 0 bridgehead atoms. The number of nitriles is 1. The molecule has 0 unspecified atom stereocenters. The first-order valence-corrected chi connectivity index (χ1v) is 7.27. The summed E-state index contributed by atoms with van der Waals surface area (Å²) in [5.41, 5.74) is 1.81. The number of rotatable bonds is 3. The van der Waals surface area contributed by atoms with E-state index in [0.29, 0.717) is 39.7 Å². The maximum Gasteiger partial charge on any atom is 0.250 e. The van der Waals surface area contributed by atoms with Crippen LogP contribution in [0, 0.1) is 17.1 Å². The minimum Gasteiger partial charge on any atom is -0.456 e. The van der Waals surface area contributed by atoms with Crippen molar-refractivity contribution in [3.63, 3.8) is 0 Å². The highest BCUT2D eigenvalue weighted by atomic mass is 19.1. The highest BCUT2D eigenvalue weighted by Crippen LogP contribution is 2.30. The average molecular weight is 332 g/mol. The van der Waals surface area contributed by atoms with E-state index in [-0.39, 0.29) is 5.82 Å². The maximum absolute atomic E-state index is 13.0. The second kappa shape index (κ2) is 6.02. The van der Waals surface area contributed by atoms with Crippen LogP contribution < -0.4 is 4.74 Å². The third-order valence-electron chi connectivity index (χ3n) is 3.46. The van der Waals surface area contributed by atoms with E-state index in [0.717, 1.165) is 0 Å². The van der Waals surface area contributed by atoms with Gasteiger partial charge in [0.15, 0.2) is 0 Å². The lowest BCUT2D eigenvalue weighted by molar-refractivity contribution is 0.479. The van der Waals surface area contributed by atoms with Crippen LogP contribution in [0.15, 0.2) is 59.4 Å². The van der Waals surface area contributed by atoms with Gasteiger partial charge in [-0.2, -0.15) is 10.2 Å². The predicted octanol–water partition coefficient (Wildman–Crippen LogP) is 4.09. The summed E-state index contributed by atoms with van der Waals surface area (Å²) in [4.78, 5) is 12.2. The highest BCUT2D eigenvalue weighted by molar-refractivity contribution is 5.72. The molecule has 25 heavy (non-hydrogen) atoms. The van der Waals surface area contributed by atoms with Crippen molar-refractivity contribution in [2.75, 3.05) is 0 Å². The van der Waals surface area contributed by atoms with Crippen molar-refractivity contribution in [2.24, 2.45) is 0 Å². The summed E-state index contributed by atoms with van der Waals surface area (Å²) < 4.78 is 24.2. The fourth-order valence-corrected chi connectivity index (χ4v) is 2.28. The van der Waals surface area contributed by atoms with Gasteiger partial charge in [-0.1, -0.05) is 0 Å². The molecule has 120 valence electrons. The zero-order valence-corrected chi connectivity index (χ0v) is 12.7. The summed E-state index contributed by atoms with van der Waals surface area (Å²) in [5.74, 6) is 0.763. The van der Waals surface area contributed by atoms with Gasteiger partial charge in [0.1, 0.15) is 35.2 Å². The summed E-state index contributed by atoms with van der Waals surface area (Å²) >= 11 is 0. The third kappa shape index (κ3) is 2.88. The topological polar surface area (TPSA) is 84.8 Å². The molecule has 0 amide bonds. The number of aromatic nitrogens is 3. The summed E-state index contributed by atoms with van der Waals surface area (Å²) in [6.45, 7) is 0. The van der Waals surface area contributed by atoms with Crippen LogP contribution >= 0.6 is 0 Å². The van der Waals surface area contributed by atoms with Crippen molar-refractivity contribution in [3.05, 3.63) is 66.4 Å². The van der Waals surface area contributed by atoms with E-state index in [1.165, 1.54) is 30.6 Å². The van der Waals surface area contributed by atoms with Gasteiger partial charge in [-0.05, 0) is 42.5 Å². The van der Waals surface area contributed by atoms with Gasteiger partial charge in [-0.3, -0.25) is 0 Å². The fraction of sp³-hybridized carbons (Fsp3) is 0. The Labute approximate surface area is 141 Å². The van der Waals surface area contributed by atoms with Gasteiger partial charge in [0.05, 0.1) is 11.8 Å². The van der Waals surface area contributed by atoms with Crippen molar-refractivity contribution < 1.29 is 13.5 Å². The summed E-state index contributed by atoms with van der Waals surface area (Å²) in [7, 11) is 0. The molecule has 0 fully saturated rings. The Morgan fingerprint density at radius 1 is 1.12 bits per heavy atom. The number of oxazole rings is 1. The SMILES string of the molecule is N#Cc1cc(-c2nc3cncnc3o2)ccc1Oc1ccc(F)cc1. The molecule has 0 spiro atoms. The smallest absolute Gasteiger partial charge is 0.250 e. The molecular formula is C18H9FN4O2. The first-order chi connectivity index (χ1) is 12.2. The molecule has 2 aromatic heterocycles. The van der Waals surface area contributed by atoms with E-state index in [1.807, 2.05) is 0 Å². The Bertz CT molecular complexity index is 1070. The molecule has 7 heteroatoms. The van der Waals surface area contributed by atoms with E-state index in [9.17, 15) is 9.65 Å². The molecule has 0 aliphatic rings. The first kappa shape index (κ1) is 14.8. The molecule has 0 aliphatic carbocycles. The van der Waals surface area contributed by atoms with Crippen molar-refractivity contribution in [2.45, 2.75) is 0 Å². The van der Waals surface area contributed by atoms with E-state index in [1.54, 1.807) is 24.4 Å². The first-order valence-electron chi connectivity index (χ1n) is 7.27. The van der Waals surface area contributed by atoms with Gasteiger partial charge in [-0.25, -0.2) is 14.4 Å². The number of fused-ring (bicyclic) bond motifs is 1. The Morgan fingerprint density at radius 3 is 2.72 bits per heavy atom. The third-order valence-corrected chi connectivity index (χ3v) is 3.46. The number of hydrogen-bond acceptors (Lipinski definition) is 6. The highest BCUT2D eigenvalue weighted by Gasteiger charge is 2.13. The molecule has 2 aromatic carbocycles. The number of ether oxygens (including phenoxy) is 1. The van der Waals surface area contributed by atoms with Crippen LogP contribution in [-0.4, -0.2) is 15.0 Å². The Balaban J connectivity index is 1.69. The van der Waals surface area contributed by atoms with Crippen molar-refractivity contribution in [1.29, 1.82) is 5.26 Å². The zero-order valence-electron chi connectivity index (χ0n) is 12.7. The number of nitrogens with zero attached hydrogens (tertiary/aromatic N) is 4. The normalized spacial score (nSPS) is 10.6. The average Bonchev–Trinajstić information content (AvgIpc) is 3.08. The minimum atomic E-state index is -0.359. The molecule has 6 nitrogen and oxygen atoms in total. The molecule has 4 rings (SSSR count). The van der Waals surface area contributed by atoms with Gasteiger partial charge < -0.3 is 9.15 Å². The largest absolute Gasteiger partial charge is 0.456 e. The van der Waals surface area contributed by atoms with Gasteiger partial charge in [-0.15, -0.1) is 0 Å². The lowest BCUT2D eigenvalue weighted by Gasteiger charge is -2.08. The van der Waals surface area contributed by atoms with Crippen LogP contribution in [0.25, 0.3) is 22.7 Å². The Morgan fingerprint density at radius 2 is 1.96 bits per heavy atom. The van der Waals surface area contributed by atoms with Crippen LogP contribution in [0.4, 0.5) is 4.39 Å². The number of benzene rings is 2. The molecule has 0 N–H and O–H groups in total. The second-order valence-electron chi connectivity index (χ2n) is 5.11. The van der Waals surface area contributed by atoms with Crippen LogP contribution in [0.5, 0.6) is 11.5 Å². The van der Waals surface area contributed by atoms with Crippen LogP contribution in [-0.2, 0) is 0 Å². The van der Waals surface area contributed by atoms with Crippen molar-refractivity contribution >= 4 is 11.2 Å². The zero-order chi connectivity index (χ0) is 17.2. The van der Waals surface area contributed by atoms with E-state index < -0.39 is 0 Å². The molecule has 0 aliphatic heterocycles. The molecule has 0 radical (unpaired) electrons. The minimum absolute atomic E-state index is 0.301. The lowest BCUT2D eigenvalue weighted by atomic mass is 10.1. The molecule has 0 saturated heterocycles. The summed E-state index contributed by atoms with van der Waals surface area (Å²) in [6.07, 6.45) is 2.92. The van der Waals surface area contributed by atoms with Gasteiger partial charge in [0.2, 0.25) is 11.6 Å². The number of halogens is 1. The molecular weight excluding hydrogens is 323 g/mol. The van der Waals surface area contributed by atoms with E-state index >= 15 is 0 Å². The monoisotopic (exact) mass is 332 g/mol. The fourth-order valence-electron chi connectivity index (χ4n) is 2.28. The van der Waals surface area contributed by atoms with E-state index in [4.69, 9.17) is 9.15 Å². The maximum atomic E-state index is 13.0. The van der Waals surface area contributed by atoms with Gasteiger partial charge in [0.25, 0.3) is 0 Å². The van der Waals surface area contributed by atoms with Crippen molar-refractivity contribution in [3.8, 4) is 29.0 Å². The molecule has 2 heterocycles. The lowest BCUT2D eigenvalue weighted by Crippen LogP contribution is -1.90. The predicted molar refractivity (Wildman–Crippen MR) is 86.2 cm³/mol. The summed E-state index contributed by atoms with van der Waals surface area (Å²) in [5, 5.41) is 9.39. The quantitative estimate of drug-likeness (QED) is 0.562. The second-order valence-corrected chi connectivity index (χ2v) is 5.11. The van der Waals surface area contributed by atoms with Crippen LogP contribution in [0.2, 0.25) is 0 Å². The van der Waals surface area contributed by atoms with Crippen molar-refractivity contribution in [1.82, 2.24) is 15.0 Å².